The van der Waals surface area contributed by atoms with Crippen molar-refractivity contribution in [3.8, 4) is 0 Å². The predicted octanol–water partition coefficient (Wildman–Crippen LogP) is 0.532. The lowest BCUT2D eigenvalue weighted by Gasteiger charge is -2.32. The zero-order valence-electron chi connectivity index (χ0n) is 11.9. The van der Waals surface area contributed by atoms with Gasteiger partial charge in [-0.15, -0.1) is 0 Å². The van der Waals surface area contributed by atoms with E-state index in [1.807, 2.05) is 0 Å². The van der Waals surface area contributed by atoms with Crippen LogP contribution < -0.4 is 10.0 Å². The molecule has 0 amide bonds. The first-order valence-electron chi connectivity index (χ1n) is 7.48. The lowest BCUT2D eigenvalue weighted by molar-refractivity contribution is 0.187. The molecule has 2 aliphatic rings. The molecule has 6 heteroatoms. The molecule has 1 atom stereocenters. The van der Waals surface area contributed by atoms with E-state index in [0.717, 1.165) is 19.5 Å². The van der Waals surface area contributed by atoms with Gasteiger partial charge >= 0.3 is 0 Å². The standard InChI is InChI=1S/C13H27N3O2S/c1-16-9-3-2-5-13(16)11-15-19(17,18)10-4-8-14-12-6-7-12/h12-15H,2-11H2,1H3. The third-order valence-corrected chi connectivity index (χ3v) is 5.49. The van der Waals surface area contributed by atoms with Crippen LogP contribution in [-0.2, 0) is 10.0 Å². The smallest absolute Gasteiger partial charge is 0.211 e. The quantitative estimate of drug-likeness (QED) is 0.640. The van der Waals surface area contributed by atoms with Gasteiger partial charge in [-0.3, -0.25) is 0 Å². The van der Waals surface area contributed by atoms with Crippen molar-refractivity contribution in [2.45, 2.75) is 50.6 Å². The molecule has 1 aliphatic carbocycles. The van der Waals surface area contributed by atoms with Crippen LogP contribution >= 0.6 is 0 Å². The topological polar surface area (TPSA) is 61.4 Å². The molecule has 5 nitrogen and oxygen atoms in total. The Balaban J connectivity index is 1.61. The number of hydrogen-bond acceptors (Lipinski definition) is 4. The molecular weight excluding hydrogens is 262 g/mol. The van der Waals surface area contributed by atoms with E-state index in [2.05, 4.69) is 22.0 Å². The normalized spacial score (nSPS) is 25.6. The summed E-state index contributed by atoms with van der Waals surface area (Å²) in [5.74, 6) is 0.239. The van der Waals surface area contributed by atoms with Crippen LogP contribution in [-0.4, -0.2) is 57.8 Å². The Morgan fingerprint density at radius 1 is 1.21 bits per heavy atom. The van der Waals surface area contributed by atoms with Crippen molar-refractivity contribution in [1.82, 2.24) is 14.9 Å². The molecule has 1 saturated carbocycles. The zero-order chi connectivity index (χ0) is 13.7. The van der Waals surface area contributed by atoms with Gasteiger partial charge in [0, 0.05) is 18.6 Å². The van der Waals surface area contributed by atoms with Crippen LogP contribution in [0.4, 0.5) is 0 Å². The minimum Gasteiger partial charge on any atom is -0.314 e. The maximum Gasteiger partial charge on any atom is 0.211 e. The summed E-state index contributed by atoms with van der Waals surface area (Å²) >= 11 is 0. The van der Waals surface area contributed by atoms with E-state index in [0.29, 0.717) is 25.0 Å². The fraction of sp³-hybridized carbons (Fsp3) is 1.00. The fourth-order valence-electron chi connectivity index (χ4n) is 2.55. The second-order valence-electron chi connectivity index (χ2n) is 5.88. The minimum atomic E-state index is -3.10. The maximum absolute atomic E-state index is 11.9. The number of nitrogens with zero attached hydrogens (tertiary/aromatic N) is 1. The third-order valence-electron chi connectivity index (χ3n) is 4.06. The van der Waals surface area contributed by atoms with E-state index >= 15 is 0 Å². The molecule has 0 bridgehead atoms. The fourth-order valence-corrected chi connectivity index (χ4v) is 3.67. The number of rotatable bonds is 8. The Hall–Kier alpha value is -0.170. The Labute approximate surface area is 117 Å². The van der Waals surface area contributed by atoms with Gasteiger partial charge in [-0.05, 0) is 52.2 Å². The lowest BCUT2D eigenvalue weighted by atomic mass is 10.0. The first-order chi connectivity index (χ1) is 9.07. The van der Waals surface area contributed by atoms with Crippen molar-refractivity contribution in [2.24, 2.45) is 0 Å². The van der Waals surface area contributed by atoms with Crippen LogP contribution in [0, 0.1) is 0 Å². The Morgan fingerprint density at radius 3 is 2.68 bits per heavy atom. The molecule has 19 heavy (non-hydrogen) atoms. The SMILES string of the molecule is CN1CCCCC1CNS(=O)(=O)CCCNC1CC1. The van der Waals surface area contributed by atoms with Gasteiger partial charge < -0.3 is 10.2 Å². The summed E-state index contributed by atoms with van der Waals surface area (Å²) in [6, 6.07) is 1.03. The molecule has 1 unspecified atom stereocenters. The molecule has 0 radical (unpaired) electrons. The van der Waals surface area contributed by atoms with Crippen LogP contribution in [0.25, 0.3) is 0 Å². The van der Waals surface area contributed by atoms with Crippen molar-refractivity contribution in [3.63, 3.8) is 0 Å². The van der Waals surface area contributed by atoms with E-state index in [1.165, 1.54) is 25.7 Å². The maximum atomic E-state index is 11.9. The zero-order valence-corrected chi connectivity index (χ0v) is 12.7. The number of hydrogen-bond donors (Lipinski definition) is 2. The van der Waals surface area contributed by atoms with Crippen molar-refractivity contribution >= 4 is 10.0 Å². The molecule has 2 N–H and O–H groups in total. The number of piperidine rings is 1. The van der Waals surface area contributed by atoms with Crippen LogP contribution in [0.5, 0.6) is 0 Å². The Bertz CT molecular complexity index is 368. The van der Waals surface area contributed by atoms with Gasteiger partial charge in [0.15, 0.2) is 0 Å². The van der Waals surface area contributed by atoms with Gasteiger partial charge in [0.2, 0.25) is 10.0 Å². The van der Waals surface area contributed by atoms with Gasteiger partial charge in [0.25, 0.3) is 0 Å². The molecule has 1 aliphatic heterocycles. The number of likely N-dealkylation sites (N-methyl/N-ethyl adjacent to an activating group) is 1. The summed E-state index contributed by atoms with van der Waals surface area (Å²) < 4.78 is 26.5. The van der Waals surface area contributed by atoms with Crippen molar-refractivity contribution < 1.29 is 8.42 Å². The van der Waals surface area contributed by atoms with E-state index in [4.69, 9.17) is 0 Å². The largest absolute Gasteiger partial charge is 0.314 e. The highest BCUT2D eigenvalue weighted by Crippen LogP contribution is 2.18. The van der Waals surface area contributed by atoms with E-state index in [1.54, 1.807) is 0 Å². The summed E-state index contributed by atoms with van der Waals surface area (Å²) in [7, 11) is -1.02. The summed E-state index contributed by atoms with van der Waals surface area (Å²) in [4.78, 5) is 2.26. The van der Waals surface area contributed by atoms with Crippen LogP contribution in [0.3, 0.4) is 0 Å². The molecule has 2 fully saturated rings. The summed E-state index contributed by atoms with van der Waals surface area (Å²) in [6.07, 6.45) is 6.74. The van der Waals surface area contributed by atoms with Gasteiger partial charge in [-0.25, -0.2) is 13.1 Å². The number of sulfonamides is 1. The molecule has 0 spiro atoms. The predicted molar refractivity (Wildman–Crippen MR) is 77.7 cm³/mol. The monoisotopic (exact) mass is 289 g/mol. The molecular formula is C13H27N3O2S. The average molecular weight is 289 g/mol. The van der Waals surface area contributed by atoms with E-state index < -0.39 is 10.0 Å². The summed E-state index contributed by atoms with van der Waals surface area (Å²) in [5, 5.41) is 3.34. The Kier molecular flexibility index (Phi) is 5.62. The van der Waals surface area contributed by atoms with E-state index in [-0.39, 0.29) is 5.75 Å². The molecule has 0 aromatic rings. The molecule has 0 aromatic carbocycles. The Morgan fingerprint density at radius 2 is 2.00 bits per heavy atom. The van der Waals surface area contributed by atoms with Crippen molar-refractivity contribution in [3.05, 3.63) is 0 Å². The molecule has 1 saturated heterocycles. The minimum absolute atomic E-state index is 0.239. The van der Waals surface area contributed by atoms with E-state index in [9.17, 15) is 8.42 Å². The summed E-state index contributed by atoms with van der Waals surface area (Å²) in [5.41, 5.74) is 0. The molecule has 2 rings (SSSR count). The van der Waals surface area contributed by atoms with Gasteiger partial charge in [-0.2, -0.15) is 0 Å². The molecule has 0 aromatic heterocycles. The highest BCUT2D eigenvalue weighted by atomic mass is 32.2. The average Bonchev–Trinajstić information content (AvgIpc) is 3.18. The van der Waals surface area contributed by atoms with Crippen LogP contribution in [0.2, 0.25) is 0 Å². The highest BCUT2D eigenvalue weighted by molar-refractivity contribution is 7.89. The number of likely N-dealkylation sites (tertiary alicyclic amines) is 1. The van der Waals surface area contributed by atoms with Gasteiger partial charge in [0.1, 0.15) is 0 Å². The van der Waals surface area contributed by atoms with Crippen molar-refractivity contribution in [1.29, 1.82) is 0 Å². The van der Waals surface area contributed by atoms with Gasteiger partial charge in [0.05, 0.1) is 5.75 Å². The molecule has 1 heterocycles. The molecule has 112 valence electrons. The first kappa shape index (κ1) is 15.2. The number of nitrogens with one attached hydrogen (secondary N) is 2. The van der Waals surface area contributed by atoms with Crippen LogP contribution in [0.1, 0.15) is 38.5 Å². The highest BCUT2D eigenvalue weighted by Gasteiger charge is 2.22. The summed E-state index contributed by atoms with van der Waals surface area (Å²) in [6.45, 7) is 2.46. The third kappa shape index (κ3) is 5.77. The second kappa shape index (κ2) is 7.02. The van der Waals surface area contributed by atoms with Gasteiger partial charge in [-0.1, -0.05) is 6.42 Å². The second-order valence-corrected chi connectivity index (χ2v) is 7.81. The lowest BCUT2D eigenvalue weighted by Crippen LogP contribution is -2.45. The van der Waals surface area contributed by atoms with Crippen molar-refractivity contribution in [2.75, 3.05) is 32.4 Å². The first-order valence-corrected chi connectivity index (χ1v) is 9.13. The van der Waals surface area contributed by atoms with Crippen LogP contribution in [0.15, 0.2) is 0 Å².